The number of para-hydroxylation sites is 1. The van der Waals surface area contributed by atoms with Crippen molar-refractivity contribution in [2.75, 3.05) is 31.6 Å². The molecule has 0 bridgehead atoms. The van der Waals surface area contributed by atoms with Crippen molar-refractivity contribution < 1.29 is 18.8 Å². The molecule has 2 N–H and O–H groups in total. The van der Waals surface area contributed by atoms with E-state index >= 15 is 4.39 Å². The maximum Gasteiger partial charge on any atom is 0.250 e. The van der Waals surface area contributed by atoms with E-state index in [1.54, 1.807) is 48.3 Å². The molecule has 2 aromatic carbocycles. The SMILES string of the molecule is C=CC(=O)N1CCN(C(=NC)c2cc(Cl)c(-c3ccccc3F)nc2N(C=O)c2c(C(N)=O)cccc2C(C)C)C(C)C1. The molecule has 1 aromatic heterocycles. The van der Waals surface area contributed by atoms with Crippen molar-refractivity contribution >= 4 is 47.2 Å². The second kappa shape index (κ2) is 13.2. The monoisotopic (exact) mass is 604 g/mol. The second-order valence-corrected chi connectivity index (χ2v) is 10.9. The fourth-order valence-corrected chi connectivity index (χ4v) is 5.63. The van der Waals surface area contributed by atoms with E-state index in [9.17, 15) is 14.4 Å². The first-order valence-corrected chi connectivity index (χ1v) is 14.2. The molecule has 1 unspecified atom stereocenters. The van der Waals surface area contributed by atoms with Gasteiger partial charge in [-0.1, -0.05) is 56.3 Å². The van der Waals surface area contributed by atoms with Crippen LogP contribution in [0.4, 0.5) is 15.9 Å². The third-order valence-corrected chi connectivity index (χ3v) is 7.74. The Kier molecular flexibility index (Phi) is 9.60. The van der Waals surface area contributed by atoms with Crippen molar-refractivity contribution in [2.24, 2.45) is 10.7 Å². The van der Waals surface area contributed by atoms with E-state index in [0.717, 1.165) is 0 Å². The number of benzene rings is 2. The van der Waals surface area contributed by atoms with Gasteiger partial charge in [0.25, 0.3) is 5.91 Å². The van der Waals surface area contributed by atoms with Crippen LogP contribution in [0.3, 0.4) is 0 Å². The molecule has 224 valence electrons. The molecule has 1 atom stereocenters. The zero-order valence-corrected chi connectivity index (χ0v) is 25.3. The third-order valence-electron chi connectivity index (χ3n) is 7.45. The Morgan fingerprint density at radius 3 is 2.49 bits per heavy atom. The molecule has 0 spiro atoms. The normalized spacial score (nSPS) is 15.4. The lowest BCUT2D eigenvalue weighted by Gasteiger charge is -2.41. The second-order valence-electron chi connectivity index (χ2n) is 10.5. The summed E-state index contributed by atoms with van der Waals surface area (Å²) in [4.78, 5) is 52.3. The average molecular weight is 605 g/mol. The number of piperazine rings is 1. The molecular formula is C32H34ClFN6O3. The molecule has 0 aliphatic carbocycles. The van der Waals surface area contributed by atoms with E-state index in [2.05, 4.69) is 11.6 Å². The van der Waals surface area contributed by atoms with E-state index in [0.29, 0.717) is 43.0 Å². The maximum absolute atomic E-state index is 15.0. The van der Waals surface area contributed by atoms with Gasteiger partial charge in [0.1, 0.15) is 11.7 Å². The molecule has 4 rings (SSSR count). The summed E-state index contributed by atoms with van der Waals surface area (Å²) < 4.78 is 15.0. The van der Waals surface area contributed by atoms with Crippen LogP contribution in [-0.4, -0.2) is 71.6 Å². The number of carbonyl (C=O) groups excluding carboxylic acids is 3. The largest absolute Gasteiger partial charge is 0.366 e. The fraction of sp³-hybridized carbons (Fsp3) is 0.281. The van der Waals surface area contributed by atoms with Crippen molar-refractivity contribution in [3.63, 3.8) is 0 Å². The maximum atomic E-state index is 15.0. The molecule has 1 aliphatic heterocycles. The summed E-state index contributed by atoms with van der Waals surface area (Å²) >= 11 is 6.78. The Balaban J connectivity index is 2.00. The van der Waals surface area contributed by atoms with Crippen LogP contribution in [0.2, 0.25) is 5.02 Å². The summed E-state index contributed by atoms with van der Waals surface area (Å²) in [5.41, 5.74) is 7.47. The number of aliphatic imine (C=N–C) groups is 1. The van der Waals surface area contributed by atoms with Gasteiger partial charge in [0, 0.05) is 38.3 Å². The van der Waals surface area contributed by atoms with Gasteiger partial charge in [-0.25, -0.2) is 9.37 Å². The van der Waals surface area contributed by atoms with Crippen LogP contribution in [0.25, 0.3) is 11.3 Å². The Labute approximate surface area is 255 Å². The summed E-state index contributed by atoms with van der Waals surface area (Å²) in [5, 5.41) is 0.135. The van der Waals surface area contributed by atoms with Crippen molar-refractivity contribution in [3.8, 4) is 11.3 Å². The Hall–Kier alpha value is -4.57. The molecule has 43 heavy (non-hydrogen) atoms. The number of aromatic nitrogens is 1. The molecule has 1 aliphatic rings. The third kappa shape index (κ3) is 6.15. The summed E-state index contributed by atoms with van der Waals surface area (Å²) in [6.07, 6.45) is 1.83. The molecule has 3 amide bonds. The van der Waals surface area contributed by atoms with Gasteiger partial charge in [0.15, 0.2) is 5.82 Å². The number of anilines is 2. The highest BCUT2D eigenvalue weighted by atomic mass is 35.5. The molecule has 0 saturated carbocycles. The van der Waals surface area contributed by atoms with Crippen molar-refractivity contribution in [3.05, 3.63) is 88.7 Å². The minimum atomic E-state index is -0.727. The molecule has 2 heterocycles. The van der Waals surface area contributed by atoms with Crippen molar-refractivity contribution in [1.82, 2.24) is 14.8 Å². The Bertz CT molecular complexity index is 1610. The van der Waals surface area contributed by atoms with Gasteiger partial charge in [-0.2, -0.15) is 0 Å². The Morgan fingerprint density at radius 2 is 1.91 bits per heavy atom. The van der Waals surface area contributed by atoms with Crippen molar-refractivity contribution in [2.45, 2.75) is 32.7 Å². The molecule has 11 heteroatoms. The lowest BCUT2D eigenvalue weighted by Crippen LogP contribution is -2.55. The highest BCUT2D eigenvalue weighted by molar-refractivity contribution is 6.33. The van der Waals surface area contributed by atoms with E-state index in [-0.39, 0.29) is 51.2 Å². The first kappa shape index (κ1) is 31.4. The summed E-state index contributed by atoms with van der Waals surface area (Å²) in [7, 11) is 1.61. The standard InChI is InChI=1S/C32H34ClFN6O3/c1-6-27(42)38-14-15-39(20(4)17-38)31(36-5)24-16-25(33)28(22-10-7-8-13-26(22)34)37-32(24)40(18-41)29-21(19(2)3)11-9-12-23(29)30(35)43/h6-13,16,18-20H,1,14-15,17H2,2-5H3,(H2,35,43). The van der Waals surface area contributed by atoms with Crippen LogP contribution in [-0.2, 0) is 9.59 Å². The molecule has 0 radical (unpaired) electrons. The topological polar surface area (TPSA) is 112 Å². The number of primary amides is 1. The van der Waals surface area contributed by atoms with Crippen molar-refractivity contribution in [1.29, 1.82) is 0 Å². The predicted molar refractivity (Wildman–Crippen MR) is 167 cm³/mol. The van der Waals surface area contributed by atoms with Crippen LogP contribution < -0.4 is 10.6 Å². The van der Waals surface area contributed by atoms with E-state index in [1.165, 1.54) is 17.0 Å². The first-order chi connectivity index (χ1) is 20.5. The number of pyridine rings is 1. The molecule has 3 aromatic rings. The van der Waals surface area contributed by atoms with Crippen LogP contribution in [0.5, 0.6) is 0 Å². The lowest BCUT2D eigenvalue weighted by atomic mass is 9.96. The number of nitrogens with two attached hydrogens (primary N) is 1. The zero-order chi connectivity index (χ0) is 31.4. The fourth-order valence-electron chi connectivity index (χ4n) is 5.38. The smallest absolute Gasteiger partial charge is 0.250 e. The zero-order valence-electron chi connectivity index (χ0n) is 24.6. The molecular weight excluding hydrogens is 571 g/mol. The van der Waals surface area contributed by atoms with Crippen LogP contribution in [0, 0.1) is 5.82 Å². The van der Waals surface area contributed by atoms with E-state index < -0.39 is 11.7 Å². The van der Waals surface area contributed by atoms with Gasteiger partial charge in [-0.15, -0.1) is 0 Å². The number of hydrogen-bond acceptors (Lipinski definition) is 5. The first-order valence-electron chi connectivity index (χ1n) is 13.8. The lowest BCUT2D eigenvalue weighted by molar-refractivity contribution is -0.128. The Morgan fingerprint density at radius 1 is 1.19 bits per heavy atom. The summed E-state index contributed by atoms with van der Waals surface area (Å²) in [5.74, 6) is -1.00. The van der Waals surface area contributed by atoms with Gasteiger partial charge in [0.05, 0.1) is 27.5 Å². The van der Waals surface area contributed by atoms with E-state index in [4.69, 9.17) is 22.3 Å². The number of halogens is 2. The number of hydrogen-bond donors (Lipinski definition) is 1. The summed E-state index contributed by atoms with van der Waals surface area (Å²) in [6, 6.07) is 12.5. The van der Waals surface area contributed by atoms with Gasteiger partial charge in [0.2, 0.25) is 12.3 Å². The number of amidine groups is 1. The molecule has 9 nitrogen and oxygen atoms in total. The molecule has 1 saturated heterocycles. The average Bonchev–Trinajstić information content (AvgIpc) is 2.99. The van der Waals surface area contributed by atoms with Crippen LogP contribution in [0.15, 0.2) is 66.2 Å². The number of carbonyl (C=O) groups is 3. The summed E-state index contributed by atoms with van der Waals surface area (Å²) in [6.45, 7) is 10.6. The minimum absolute atomic E-state index is 0.0886. The van der Waals surface area contributed by atoms with Gasteiger partial charge in [-0.3, -0.25) is 24.3 Å². The van der Waals surface area contributed by atoms with E-state index in [1.807, 2.05) is 31.7 Å². The van der Waals surface area contributed by atoms with Gasteiger partial charge in [-0.05, 0) is 48.7 Å². The highest BCUT2D eigenvalue weighted by Crippen LogP contribution is 2.39. The minimum Gasteiger partial charge on any atom is -0.366 e. The highest BCUT2D eigenvalue weighted by Gasteiger charge is 2.33. The number of amides is 3. The van der Waals surface area contributed by atoms with Crippen LogP contribution >= 0.6 is 11.6 Å². The molecule has 1 fully saturated rings. The van der Waals surface area contributed by atoms with Gasteiger partial charge < -0.3 is 15.5 Å². The predicted octanol–water partition coefficient (Wildman–Crippen LogP) is 5.15. The quantitative estimate of drug-likeness (QED) is 0.165. The number of nitrogens with zero attached hydrogens (tertiary/aromatic N) is 5. The number of rotatable bonds is 8. The van der Waals surface area contributed by atoms with Crippen LogP contribution in [0.1, 0.15) is 48.2 Å². The van der Waals surface area contributed by atoms with Gasteiger partial charge >= 0.3 is 0 Å².